The Morgan fingerprint density at radius 3 is 2.27 bits per heavy atom. The van der Waals surface area contributed by atoms with Gasteiger partial charge in [-0.25, -0.2) is 40.3 Å². The van der Waals surface area contributed by atoms with Crippen LogP contribution in [0.15, 0.2) is 42.5 Å². The molecule has 0 radical (unpaired) electrons. The molecule has 2 heterocycles. The standard InChI is InChI=1S/C28H29F4N3O5S/c1-15(2)25-21(26(16-5-7-17(29)8-6-16)34-28(33-25)35(3)41(4,37)38)10-9-20-13-19(36)14-24(39-20)40-27-22(31)11-18(30)12-23(27)32/h5-12,15,19-20,24,36H,13-14H2,1-4H3/b10-9+/t19-,20-,24?/m0/s1. The van der Waals surface area contributed by atoms with Gasteiger partial charge in [-0.3, -0.25) is 0 Å². The predicted molar refractivity (Wildman–Crippen MR) is 145 cm³/mol. The summed E-state index contributed by atoms with van der Waals surface area (Å²) < 4.78 is 91.8. The van der Waals surface area contributed by atoms with Crippen molar-refractivity contribution in [3.05, 3.63) is 77.0 Å². The minimum atomic E-state index is -3.70. The van der Waals surface area contributed by atoms with Crippen LogP contribution in [-0.4, -0.2) is 55.3 Å². The second-order valence-corrected chi connectivity index (χ2v) is 12.0. The molecular weight excluding hydrogens is 566 g/mol. The van der Waals surface area contributed by atoms with Crippen LogP contribution in [0.1, 0.15) is 43.9 Å². The molecule has 0 aliphatic carbocycles. The molecule has 3 atom stereocenters. The smallest absolute Gasteiger partial charge is 0.239 e. The van der Waals surface area contributed by atoms with Crippen LogP contribution in [-0.2, 0) is 14.8 Å². The van der Waals surface area contributed by atoms with Crippen LogP contribution in [0.4, 0.5) is 23.5 Å². The normalized spacial score (nSPS) is 19.6. The third kappa shape index (κ3) is 7.21. The molecule has 1 aliphatic heterocycles. The van der Waals surface area contributed by atoms with Crippen LogP contribution in [0.2, 0.25) is 0 Å². The van der Waals surface area contributed by atoms with E-state index >= 15 is 0 Å². The number of hydrogen-bond donors (Lipinski definition) is 1. The minimum absolute atomic E-state index is 0.0752. The van der Waals surface area contributed by atoms with Gasteiger partial charge >= 0.3 is 0 Å². The summed E-state index contributed by atoms with van der Waals surface area (Å²) in [4.78, 5) is 8.99. The van der Waals surface area contributed by atoms with Gasteiger partial charge < -0.3 is 14.6 Å². The zero-order chi connectivity index (χ0) is 30.1. The van der Waals surface area contributed by atoms with E-state index in [1.165, 1.54) is 31.3 Å². The lowest BCUT2D eigenvalue weighted by Gasteiger charge is -2.32. The first-order valence-corrected chi connectivity index (χ1v) is 14.5. The van der Waals surface area contributed by atoms with Crippen molar-refractivity contribution in [2.45, 2.75) is 51.1 Å². The van der Waals surface area contributed by atoms with Gasteiger partial charge in [0.05, 0.1) is 29.9 Å². The van der Waals surface area contributed by atoms with Gasteiger partial charge in [-0.1, -0.05) is 26.0 Å². The maximum absolute atomic E-state index is 14.1. The second-order valence-electron chi connectivity index (χ2n) is 9.97. The van der Waals surface area contributed by atoms with E-state index < -0.39 is 57.5 Å². The molecule has 1 unspecified atom stereocenters. The van der Waals surface area contributed by atoms with Gasteiger partial charge in [0.15, 0.2) is 17.4 Å². The molecule has 1 saturated heterocycles. The highest BCUT2D eigenvalue weighted by Gasteiger charge is 2.30. The number of aliphatic hydroxyl groups is 1. The molecule has 1 aromatic heterocycles. The Kier molecular flexibility index (Phi) is 9.00. The van der Waals surface area contributed by atoms with Crippen molar-refractivity contribution in [3.63, 3.8) is 0 Å². The van der Waals surface area contributed by atoms with Crippen molar-refractivity contribution in [1.82, 2.24) is 9.97 Å². The van der Waals surface area contributed by atoms with Gasteiger partial charge in [-0.2, -0.15) is 0 Å². The third-order valence-electron chi connectivity index (χ3n) is 6.39. The molecule has 2 aromatic carbocycles. The lowest BCUT2D eigenvalue weighted by atomic mass is 9.97. The van der Waals surface area contributed by atoms with E-state index in [2.05, 4.69) is 9.97 Å². The largest absolute Gasteiger partial charge is 0.459 e. The van der Waals surface area contributed by atoms with Gasteiger partial charge in [0.2, 0.25) is 22.3 Å². The Morgan fingerprint density at radius 2 is 1.68 bits per heavy atom. The molecule has 3 aromatic rings. The molecule has 1 aliphatic rings. The summed E-state index contributed by atoms with van der Waals surface area (Å²) in [5, 5.41) is 10.4. The van der Waals surface area contributed by atoms with Crippen LogP contribution in [0, 0.1) is 23.3 Å². The Hall–Kier alpha value is -3.55. The Morgan fingerprint density at radius 1 is 1.05 bits per heavy atom. The second kappa shape index (κ2) is 12.1. The van der Waals surface area contributed by atoms with Crippen molar-refractivity contribution in [3.8, 4) is 17.0 Å². The molecule has 0 amide bonds. The fourth-order valence-electron chi connectivity index (χ4n) is 4.26. The highest BCUT2D eigenvalue weighted by atomic mass is 32.2. The number of aromatic nitrogens is 2. The zero-order valence-electron chi connectivity index (χ0n) is 22.7. The van der Waals surface area contributed by atoms with E-state index in [9.17, 15) is 31.1 Å². The molecule has 0 spiro atoms. The summed E-state index contributed by atoms with van der Waals surface area (Å²) in [5.41, 5.74) is 1.80. The average molecular weight is 596 g/mol. The molecule has 0 bridgehead atoms. The monoisotopic (exact) mass is 595 g/mol. The van der Waals surface area contributed by atoms with E-state index in [0.717, 1.165) is 10.6 Å². The van der Waals surface area contributed by atoms with Crippen molar-refractivity contribution in [1.29, 1.82) is 0 Å². The molecule has 1 fully saturated rings. The van der Waals surface area contributed by atoms with E-state index in [0.29, 0.717) is 34.6 Å². The van der Waals surface area contributed by atoms with Crippen LogP contribution in [0.5, 0.6) is 5.75 Å². The van der Waals surface area contributed by atoms with Crippen molar-refractivity contribution in [2.24, 2.45) is 0 Å². The summed E-state index contributed by atoms with van der Waals surface area (Å²) >= 11 is 0. The van der Waals surface area contributed by atoms with Crippen LogP contribution in [0.3, 0.4) is 0 Å². The van der Waals surface area contributed by atoms with Gasteiger partial charge in [0, 0.05) is 43.1 Å². The van der Waals surface area contributed by atoms with Gasteiger partial charge in [-0.15, -0.1) is 0 Å². The van der Waals surface area contributed by atoms with Crippen LogP contribution in [0.25, 0.3) is 17.3 Å². The maximum atomic E-state index is 14.1. The minimum Gasteiger partial charge on any atom is -0.459 e. The summed E-state index contributed by atoms with van der Waals surface area (Å²) in [6.07, 6.45) is 1.31. The molecule has 0 saturated carbocycles. The lowest BCUT2D eigenvalue weighted by molar-refractivity contribution is -0.163. The average Bonchev–Trinajstić information content (AvgIpc) is 2.88. The van der Waals surface area contributed by atoms with Crippen molar-refractivity contribution < 1.29 is 40.6 Å². The van der Waals surface area contributed by atoms with E-state index in [1.54, 1.807) is 12.2 Å². The van der Waals surface area contributed by atoms with Crippen LogP contribution < -0.4 is 9.04 Å². The molecule has 4 rings (SSSR count). The summed E-state index contributed by atoms with van der Waals surface area (Å²) in [6, 6.07) is 6.45. The maximum Gasteiger partial charge on any atom is 0.239 e. The number of sulfonamides is 1. The SMILES string of the molecule is CC(C)c1nc(N(C)S(C)(=O)=O)nc(-c2ccc(F)cc2)c1/C=C/[C@H]1C[C@H](O)CC(Oc2c(F)cc(F)cc2F)O1. The van der Waals surface area contributed by atoms with Gasteiger partial charge in [0.1, 0.15) is 11.6 Å². The molecule has 8 nitrogen and oxygen atoms in total. The number of anilines is 1. The molecule has 41 heavy (non-hydrogen) atoms. The number of nitrogens with zero attached hydrogens (tertiary/aromatic N) is 3. The lowest BCUT2D eigenvalue weighted by Crippen LogP contribution is -2.38. The quantitative estimate of drug-likeness (QED) is 0.358. The number of benzene rings is 2. The number of aliphatic hydroxyl groups excluding tert-OH is 1. The first-order valence-electron chi connectivity index (χ1n) is 12.7. The number of halogens is 4. The van der Waals surface area contributed by atoms with Gasteiger partial charge in [-0.05, 0) is 30.2 Å². The first-order chi connectivity index (χ1) is 19.2. The summed E-state index contributed by atoms with van der Waals surface area (Å²) in [5.74, 6) is -5.18. The fourth-order valence-corrected chi connectivity index (χ4v) is 4.64. The zero-order valence-corrected chi connectivity index (χ0v) is 23.5. The molecule has 13 heteroatoms. The molecule has 1 N–H and O–H groups in total. The van der Waals surface area contributed by atoms with Crippen molar-refractivity contribution >= 4 is 22.0 Å². The summed E-state index contributed by atoms with van der Waals surface area (Å²) in [7, 11) is -2.38. The Balaban J connectivity index is 1.72. The number of rotatable bonds is 8. The van der Waals surface area contributed by atoms with Crippen molar-refractivity contribution in [2.75, 3.05) is 17.6 Å². The fraction of sp³-hybridized carbons (Fsp3) is 0.357. The number of hydrogen-bond acceptors (Lipinski definition) is 7. The van der Waals surface area contributed by atoms with E-state index in [-0.39, 0.29) is 24.7 Å². The van der Waals surface area contributed by atoms with E-state index in [4.69, 9.17) is 9.47 Å². The highest BCUT2D eigenvalue weighted by molar-refractivity contribution is 7.92. The molecular formula is C28H29F4N3O5S. The third-order valence-corrected chi connectivity index (χ3v) is 7.55. The number of ether oxygens (including phenoxy) is 2. The first kappa shape index (κ1) is 30.4. The predicted octanol–water partition coefficient (Wildman–Crippen LogP) is 5.18. The summed E-state index contributed by atoms with van der Waals surface area (Å²) in [6.45, 7) is 3.71. The van der Waals surface area contributed by atoms with E-state index in [1.807, 2.05) is 13.8 Å². The van der Waals surface area contributed by atoms with Crippen LogP contribution >= 0.6 is 0 Å². The Bertz CT molecular complexity index is 1530. The topological polar surface area (TPSA) is 102 Å². The van der Waals surface area contributed by atoms with Gasteiger partial charge in [0.25, 0.3) is 0 Å². The highest BCUT2D eigenvalue weighted by Crippen LogP contribution is 2.33. The Labute approximate surface area is 235 Å². The molecule has 220 valence electrons.